The molecule has 34 heavy (non-hydrogen) atoms. The summed E-state index contributed by atoms with van der Waals surface area (Å²) < 4.78 is 11.0. The molecule has 2 aliphatic heterocycles. The van der Waals surface area contributed by atoms with Gasteiger partial charge in [0.15, 0.2) is 0 Å². The molecule has 3 N–H and O–H groups in total. The molecule has 1 aromatic carbocycles. The number of ether oxygens (including phenoxy) is 2. The highest BCUT2D eigenvalue weighted by Gasteiger charge is 2.32. The molecule has 0 aromatic heterocycles. The lowest BCUT2D eigenvalue weighted by Crippen LogP contribution is -2.55. The van der Waals surface area contributed by atoms with Crippen LogP contribution in [0.4, 0.5) is 5.69 Å². The fourth-order valence-electron chi connectivity index (χ4n) is 5.25. The monoisotopic (exact) mass is 494 g/mol. The Hall–Kier alpha value is -2.03. The number of amides is 2. The van der Waals surface area contributed by atoms with Crippen molar-refractivity contribution < 1.29 is 19.1 Å². The van der Waals surface area contributed by atoms with E-state index in [-0.39, 0.29) is 24.0 Å². The van der Waals surface area contributed by atoms with Gasteiger partial charge in [0, 0.05) is 44.8 Å². The summed E-state index contributed by atoms with van der Waals surface area (Å²) in [4.78, 5) is 30.1. The molecule has 0 spiro atoms. The molecule has 4 atom stereocenters. The zero-order valence-corrected chi connectivity index (χ0v) is 21.6. The minimum Gasteiger partial charge on any atom is -0.496 e. The summed E-state index contributed by atoms with van der Waals surface area (Å²) in [5.74, 6) is 0.378. The molecule has 2 heterocycles. The normalized spacial score (nSPS) is 25.7. The molecule has 9 heteroatoms. The van der Waals surface area contributed by atoms with Gasteiger partial charge in [-0.2, -0.15) is 0 Å². The SMILES string of the molecule is COc1cc(N)c(Cl)cc1C(=O)NC1CCN(CCCC(=O)N2C(C)CCCC2C)CC1OC. The number of nitrogens with two attached hydrogens (primary N) is 1. The summed E-state index contributed by atoms with van der Waals surface area (Å²) in [6, 6.07) is 3.63. The summed E-state index contributed by atoms with van der Waals surface area (Å²) in [7, 11) is 3.16. The Bertz CT molecular complexity index is 858. The minimum absolute atomic E-state index is 0.133. The van der Waals surface area contributed by atoms with E-state index in [9.17, 15) is 9.59 Å². The van der Waals surface area contributed by atoms with Crippen molar-refractivity contribution in [1.29, 1.82) is 0 Å². The molecule has 8 nitrogen and oxygen atoms in total. The standard InChI is InChI=1S/C25H39ClN4O4/c1-16-7-5-8-17(2)30(16)24(31)9-6-11-29-12-10-21(23(15-29)34-4)28-25(32)18-13-19(26)20(27)14-22(18)33-3/h13-14,16-17,21,23H,5-12,15,27H2,1-4H3,(H,28,32). The van der Waals surface area contributed by atoms with E-state index in [2.05, 4.69) is 29.0 Å². The summed E-state index contributed by atoms with van der Waals surface area (Å²) >= 11 is 6.12. The maximum absolute atomic E-state index is 12.9. The van der Waals surface area contributed by atoms with E-state index in [4.69, 9.17) is 26.8 Å². The van der Waals surface area contributed by atoms with Gasteiger partial charge in [-0.15, -0.1) is 0 Å². The molecule has 190 valence electrons. The number of methoxy groups -OCH3 is 2. The maximum atomic E-state index is 12.9. The smallest absolute Gasteiger partial charge is 0.255 e. The first-order chi connectivity index (χ1) is 16.2. The van der Waals surface area contributed by atoms with Crippen LogP contribution in [-0.4, -0.2) is 79.7 Å². The van der Waals surface area contributed by atoms with E-state index in [0.29, 0.717) is 47.1 Å². The van der Waals surface area contributed by atoms with Crippen LogP contribution in [0.1, 0.15) is 62.7 Å². The van der Waals surface area contributed by atoms with Crippen molar-refractivity contribution in [2.45, 2.75) is 76.6 Å². The molecule has 2 aliphatic rings. The second kappa shape index (κ2) is 12.1. The minimum atomic E-state index is -0.269. The zero-order chi connectivity index (χ0) is 24.8. The Morgan fingerprint density at radius 3 is 2.53 bits per heavy atom. The Morgan fingerprint density at radius 2 is 1.88 bits per heavy atom. The van der Waals surface area contributed by atoms with Gasteiger partial charge in [-0.25, -0.2) is 0 Å². The van der Waals surface area contributed by atoms with Crippen molar-refractivity contribution in [2.24, 2.45) is 0 Å². The maximum Gasteiger partial charge on any atom is 0.255 e. The molecule has 2 saturated heterocycles. The predicted octanol–water partition coefficient (Wildman–Crippen LogP) is 3.32. The molecule has 4 unspecified atom stereocenters. The molecular formula is C25H39ClN4O4. The fraction of sp³-hybridized carbons (Fsp3) is 0.680. The second-order valence-corrected chi connectivity index (χ2v) is 9.96. The van der Waals surface area contributed by atoms with Crippen LogP contribution in [0.3, 0.4) is 0 Å². The first-order valence-electron chi connectivity index (χ1n) is 12.2. The summed E-state index contributed by atoms with van der Waals surface area (Å²) in [6.45, 7) is 6.68. The van der Waals surface area contributed by atoms with Crippen LogP contribution in [0.25, 0.3) is 0 Å². The van der Waals surface area contributed by atoms with E-state index in [0.717, 1.165) is 38.8 Å². The molecule has 0 bridgehead atoms. The van der Waals surface area contributed by atoms with Crippen molar-refractivity contribution in [2.75, 3.05) is 39.6 Å². The average Bonchev–Trinajstić information content (AvgIpc) is 2.81. The number of nitrogens with one attached hydrogen (secondary N) is 1. The number of benzene rings is 1. The number of nitrogens with zero attached hydrogens (tertiary/aromatic N) is 2. The Labute approximate surface area is 208 Å². The largest absolute Gasteiger partial charge is 0.496 e. The van der Waals surface area contributed by atoms with Crippen LogP contribution in [0.2, 0.25) is 5.02 Å². The number of carbonyl (C=O) groups excluding carboxylic acids is 2. The lowest BCUT2D eigenvalue weighted by molar-refractivity contribution is -0.137. The number of nitrogen functional groups attached to an aromatic ring is 1. The molecule has 3 rings (SSSR count). The van der Waals surface area contributed by atoms with Gasteiger partial charge in [0.1, 0.15) is 5.75 Å². The average molecular weight is 495 g/mol. The molecule has 0 aliphatic carbocycles. The van der Waals surface area contributed by atoms with Crippen LogP contribution in [0.5, 0.6) is 5.75 Å². The van der Waals surface area contributed by atoms with Gasteiger partial charge >= 0.3 is 0 Å². The third kappa shape index (κ3) is 6.34. The summed E-state index contributed by atoms with van der Waals surface area (Å²) in [5, 5.41) is 3.39. The van der Waals surface area contributed by atoms with E-state index >= 15 is 0 Å². The van der Waals surface area contributed by atoms with Gasteiger partial charge in [0.05, 0.1) is 35.5 Å². The van der Waals surface area contributed by atoms with Crippen LogP contribution in [-0.2, 0) is 9.53 Å². The van der Waals surface area contributed by atoms with E-state index < -0.39 is 0 Å². The highest BCUT2D eigenvalue weighted by Crippen LogP contribution is 2.29. The van der Waals surface area contributed by atoms with Gasteiger partial charge in [-0.05, 0) is 58.6 Å². The number of rotatable bonds is 8. The lowest BCUT2D eigenvalue weighted by Gasteiger charge is -2.40. The number of carbonyl (C=O) groups is 2. The Balaban J connectivity index is 1.51. The molecule has 0 saturated carbocycles. The van der Waals surface area contributed by atoms with E-state index in [1.165, 1.54) is 19.6 Å². The topological polar surface area (TPSA) is 97.1 Å². The number of hydrogen-bond acceptors (Lipinski definition) is 6. The van der Waals surface area contributed by atoms with Gasteiger partial charge in [-0.1, -0.05) is 11.6 Å². The van der Waals surface area contributed by atoms with Crippen molar-refractivity contribution in [3.05, 3.63) is 22.7 Å². The summed E-state index contributed by atoms with van der Waals surface area (Å²) in [5.41, 5.74) is 6.54. The van der Waals surface area contributed by atoms with Gasteiger partial charge in [0.25, 0.3) is 5.91 Å². The van der Waals surface area contributed by atoms with Gasteiger partial charge < -0.3 is 30.3 Å². The van der Waals surface area contributed by atoms with Crippen LogP contribution < -0.4 is 15.8 Å². The van der Waals surface area contributed by atoms with Gasteiger partial charge in [-0.3, -0.25) is 9.59 Å². The summed E-state index contributed by atoms with van der Waals surface area (Å²) in [6.07, 6.45) is 5.39. The number of likely N-dealkylation sites (tertiary alicyclic amines) is 2. The van der Waals surface area contributed by atoms with Crippen molar-refractivity contribution in [3.8, 4) is 5.75 Å². The highest BCUT2D eigenvalue weighted by atomic mass is 35.5. The van der Waals surface area contributed by atoms with Crippen molar-refractivity contribution in [3.63, 3.8) is 0 Å². The predicted molar refractivity (Wildman–Crippen MR) is 134 cm³/mol. The second-order valence-electron chi connectivity index (χ2n) is 9.55. The fourth-order valence-corrected chi connectivity index (χ4v) is 5.41. The quantitative estimate of drug-likeness (QED) is 0.538. The first-order valence-corrected chi connectivity index (χ1v) is 12.6. The number of piperidine rings is 2. The molecular weight excluding hydrogens is 456 g/mol. The van der Waals surface area contributed by atoms with Crippen LogP contribution >= 0.6 is 11.6 Å². The first kappa shape index (κ1) is 26.6. The Kier molecular flexibility index (Phi) is 9.45. The molecule has 2 fully saturated rings. The highest BCUT2D eigenvalue weighted by molar-refractivity contribution is 6.33. The number of hydrogen-bond donors (Lipinski definition) is 2. The number of halogens is 1. The number of anilines is 1. The third-order valence-corrected chi connectivity index (χ3v) is 7.50. The lowest BCUT2D eigenvalue weighted by atomic mass is 9.96. The molecule has 1 aromatic rings. The van der Waals surface area contributed by atoms with Crippen LogP contribution in [0.15, 0.2) is 12.1 Å². The van der Waals surface area contributed by atoms with E-state index in [1.807, 2.05) is 0 Å². The molecule has 0 radical (unpaired) electrons. The van der Waals surface area contributed by atoms with Crippen LogP contribution in [0, 0.1) is 0 Å². The van der Waals surface area contributed by atoms with Gasteiger partial charge in [0.2, 0.25) is 5.91 Å². The zero-order valence-electron chi connectivity index (χ0n) is 20.8. The molecule has 2 amide bonds. The van der Waals surface area contributed by atoms with E-state index in [1.54, 1.807) is 13.2 Å². The third-order valence-electron chi connectivity index (χ3n) is 7.17. The Morgan fingerprint density at radius 1 is 1.18 bits per heavy atom. The van der Waals surface area contributed by atoms with Crippen molar-refractivity contribution >= 4 is 29.1 Å². The van der Waals surface area contributed by atoms with Crippen molar-refractivity contribution in [1.82, 2.24) is 15.1 Å².